The number of fused-ring (bicyclic) bond motifs is 1. The molecular formula is C15H14FN3S. The molecular weight excluding hydrogens is 273 g/mol. The van der Waals surface area contributed by atoms with E-state index in [0.29, 0.717) is 0 Å². The van der Waals surface area contributed by atoms with Crippen LogP contribution in [-0.4, -0.2) is 17.0 Å². The van der Waals surface area contributed by atoms with E-state index >= 15 is 0 Å². The fourth-order valence-corrected chi connectivity index (χ4v) is 3.13. The monoisotopic (exact) mass is 287 g/mol. The third-order valence-corrected chi connectivity index (χ3v) is 4.29. The molecule has 5 heteroatoms. The summed E-state index contributed by atoms with van der Waals surface area (Å²) in [5, 5.41) is 2.82. The Balaban J connectivity index is 2.01. The van der Waals surface area contributed by atoms with Gasteiger partial charge in [-0.25, -0.2) is 14.4 Å². The van der Waals surface area contributed by atoms with Gasteiger partial charge in [-0.15, -0.1) is 11.3 Å². The van der Waals surface area contributed by atoms with Crippen molar-refractivity contribution in [2.24, 2.45) is 0 Å². The minimum atomic E-state index is -0.269. The van der Waals surface area contributed by atoms with Gasteiger partial charge in [0.25, 0.3) is 0 Å². The molecule has 2 heterocycles. The van der Waals surface area contributed by atoms with Gasteiger partial charge in [0, 0.05) is 17.3 Å². The number of aryl methyl sites for hydroxylation is 1. The standard InChI is InChI=1S/C15H14FN3S/c1-10-5-6-20-14(10)8-19(2)15-12-7-11(16)3-4-13(12)17-9-18-15/h3-7,9H,8H2,1-2H3. The van der Waals surface area contributed by atoms with E-state index in [-0.39, 0.29) is 5.82 Å². The van der Waals surface area contributed by atoms with E-state index in [4.69, 9.17) is 0 Å². The lowest BCUT2D eigenvalue weighted by atomic mass is 10.2. The van der Waals surface area contributed by atoms with E-state index in [9.17, 15) is 4.39 Å². The second-order valence-electron chi connectivity index (χ2n) is 4.74. The number of hydrogen-bond donors (Lipinski definition) is 0. The Labute approximate surface area is 120 Å². The summed E-state index contributed by atoms with van der Waals surface area (Å²) in [6, 6.07) is 6.69. The first kappa shape index (κ1) is 13.0. The van der Waals surface area contributed by atoms with Crippen molar-refractivity contribution in [2.75, 3.05) is 11.9 Å². The summed E-state index contributed by atoms with van der Waals surface area (Å²) in [5.74, 6) is 0.483. The number of thiophene rings is 1. The first-order chi connectivity index (χ1) is 9.65. The molecule has 0 saturated carbocycles. The molecule has 0 bridgehead atoms. The van der Waals surface area contributed by atoms with Gasteiger partial charge in [0.15, 0.2) is 0 Å². The van der Waals surface area contributed by atoms with Crippen LogP contribution >= 0.6 is 11.3 Å². The molecule has 1 aromatic carbocycles. The lowest BCUT2D eigenvalue weighted by molar-refractivity contribution is 0.629. The topological polar surface area (TPSA) is 29.0 Å². The molecule has 0 fully saturated rings. The smallest absolute Gasteiger partial charge is 0.140 e. The predicted molar refractivity (Wildman–Crippen MR) is 80.7 cm³/mol. The zero-order valence-electron chi connectivity index (χ0n) is 11.3. The average molecular weight is 287 g/mol. The van der Waals surface area contributed by atoms with Crippen molar-refractivity contribution in [3.05, 3.63) is 52.2 Å². The predicted octanol–water partition coefficient (Wildman–Crippen LogP) is 3.78. The third-order valence-electron chi connectivity index (χ3n) is 3.29. The Morgan fingerprint density at radius 3 is 2.85 bits per heavy atom. The molecule has 0 spiro atoms. The zero-order chi connectivity index (χ0) is 14.1. The molecule has 3 rings (SSSR count). The van der Waals surface area contributed by atoms with E-state index < -0.39 is 0 Å². The van der Waals surface area contributed by atoms with E-state index in [2.05, 4.69) is 28.3 Å². The van der Waals surface area contributed by atoms with Crippen molar-refractivity contribution in [3.8, 4) is 0 Å². The Morgan fingerprint density at radius 2 is 2.10 bits per heavy atom. The highest BCUT2D eigenvalue weighted by atomic mass is 32.1. The number of benzene rings is 1. The molecule has 3 aromatic rings. The van der Waals surface area contributed by atoms with Crippen molar-refractivity contribution >= 4 is 28.1 Å². The van der Waals surface area contributed by atoms with Gasteiger partial charge in [0.1, 0.15) is 18.0 Å². The fourth-order valence-electron chi connectivity index (χ4n) is 2.18. The summed E-state index contributed by atoms with van der Waals surface area (Å²) in [6.07, 6.45) is 1.52. The summed E-state index contributed by atoms with van der Waals surface area (Å²) in [5.41, 5.74) is 2.03. The van der Waals surface area contributed by atoms with Crippen LogP contribution in [0.1, 0.15) is 10.4 Å². The Morgan fingerprint density at radius 1 is 1.25 bits per heavy atom. The summed E-state index contributed by atoms with van der Waals surface area (Å²) < 4.78 is 13.4. The molecule has 20 heavy (non-hydrogen) atoms. The largest absolute Gasteiger partial charge is 0.354 e. The summed E-state index contributed by atoms with van der Waals surface area (Å²) in [6.45, 7) is 2.85. The van der Waals surface area contributed by atoms with E-state index in [0.717, 1.165) is 23.3 Å². The number of halogens is 1. The van der Waals surface area contributed by atoms with Gasteiger partial charge in [-0.1, -0.05) is 0 Å². The highest BCUT2D eigenvalue weighted by Gasteiger charge is 2.11. The number of hydrogen-bond acceptors (Lipinski definition) is 4. The Kier molecular flexibility index (Phi) is 3.36. The van der Waals surface area contributed by atoms with E-state index in [1.807, 2.05) is 11.9 Å². The molecule has 3 nitrogen and oxygen atoms in total. The fraction of sp³-hybridized carbons (Fsp3) is 0.200. The SMILES string of the molecule is Cc1ccsc1CN(C)c1ncnc2ccc(F)cc12. The van der Waals surface area contributed by atoms with Crippen LogP contribution in [0.5, 0.6) is 0 Å². The van der Waals surface area contributed by atoms with Gasteiger partial charge in [-0.2, -0.15) is 0 Å². The van der Waals surface area contributed by atoms with Gasteiger partial charge >= 0.3 is 0 Å². The quantitative estimate of drug-likeness (QED) is 0.734. The third kappa shape index (κ3) is 2.36. The number of nitrogens with zero attached hydrogens (tertiary/aromatic N) is 3. The molecule has 0 N–H and O–H groups in total. The number of rotatable bonds is 3. The van der Waals surface area contributed by atoms with Crippen LogP contribution in [0.2, 0.25) is 0 Å². The minimum Gasteiger partial charge on any atom is -0.354 e. The van der Waals surface area contributed by atoms with Crippen LogP contribution in [0.3, 0.4) is 0 Å². The van der Waals surface area contributed by atoms with Crippen LogP contribution in [0.4, 0.5) is 10.2 Å². The molecule has 0 aliphatic carbocycles. The second kappa shape index (κ2) is 5.17. The zero-order valence-corrected chi connectivity index (χ0v) is 12.1. The minimum absolute atomic E-state index is 0.269. The van der Waals surface area contributed by atoms with Crippen LogP contribution < -0.4 is 4.90 Å². The number of anilines is 1. The van der Waals surface area contributed by atoms with Crippen molar-refractivity contribution in [1.82, 2.24) is 9.97 Å². The maximum atomic E-state index is 13.4. The van der Waals surface area contributed by atoms with Crippen LogP contribution in [0.25, 0.3) is 10.9 Å². The molecule has 0 unspecified atom stereocenters. The summed E-state index contributed by atoms with van der Waals surface area (Å²) >= 11 is 1.72. The maximum Gasteiger partial charge on any atom is 0.140 e. The maximum absolute atomic E-state index is 13.4. The van der Waals surface area contributed by atoms with Crippen LogP contribution in [0, 0.1) is 12.7 Å². The normalized spacial score (nSPS) is 10.9. The first-order valence-corrected chi connectivity index (χ1v) is 7.17. The Hall–Kier alpha value is -2.01. The summed E-state index contributed by atoms with van der Waals surface area (Å²) in [7, 11) is 1.96. The highest BCUT2D eigenvalue weighted by molar-refractivity contribution is 7.10. The molecule has 0 aliphatic heterocycles. The van der Waals surface area contributed by atoms with Crippen LogP contribution in [0.15, 0.2) is 36.0 Å². The van der Waals surface area contributed by atoms with Crippen molar-refractivity contribution in [3.63, 3.8) is 0 Å². The second-order valence-corrected chi connectivity index (χ2v) is 5.74. The summed E-state index contributed by atoms with van der Waals surface area (Å²) in [4.78, 5) is 11.8. The van der Waals surface area contributed by atoms with Crippen molar-refractivity contribution in [2.45, 2.75) is 13.5 Å². The van der Waals surface area contributed by atoms with Crippen molar-refractivity contribution < 1.29 is 4.39 Å². The number of aromatic nitrogens is 2. The Bertz CT molecular complexity index is 754. The first-order valence-electron chi connectivity index (χ1n) is 6.29. The molecule has 0 aliphatic rings. The van der Waals surface area contributed by atoms with Gasteiger partial charge in [0.2, 0.25) is 0 Å². The van der Waals surface area contributed by atoms with Gasteiger partial charge in [-0.05, 0) is 42.1 Å². The molecule has 102 valence electrons. The molecule has 0 radical (unpaired) electrons. The van der Waals surface area contributed by atoms with Crippen LogP contribution in [-0.2, 0) is 6.54 Å². The van der Waals surface area contributed by atoms with E-state index in [1.54, 1.807) is 17.4 Å². The van der Waals surface area contributed by atoms with Gasteiger partial charge < -0.3 is 4.90 Å². The van der Waals surface area contributed by atoms with Crippen molar-refractivity contribution in [1.29, 1.82) is 0 Å². The van der Waals surface area contributed by atoms with Gasteiger partial charge in [-0.3, -0.25) is 0 Å². The lowest BCUT2D eigenvalue weighted by Gasteiger charge is -2.19. The highest BCUT2D eigenvalue weighted by Crippen LogP contribution is 2.25. The van der Waals surface area contributed by atoms with Gasteiger partial charge in [0.05, 0.1) is 12.1 Å². The lowest BCUT2D eigenvalue weighted by Crippen LogP contribution is -2.18. The average Bonchev–Trinajstić information content (AvgIpc) is 2.83. The molecule has 0 amide bonds. The molecule has 0 atom stereocenters. The molecule has 0 saturated heterocycles. The van der Waals surface area contributed by atoms with E-state index in [1.165, 1.54) is 28.9 Å². The molecule has 2 aromatic heterocycles.